The molecule has 144 valence electrons. The molecule has 1 atom stereocenters. The SMILES string of the molecule is COC(=O)N1CCCCC1C(=O)N1CCc2oc(CCC(C)C)nc2C1. The van der Waals surface area contributed by atoms with Crippen molar-refractivity contribution in [3.63, 3.8) is 0 Å². The molecule has 3 rings (SSSR count). The molecule has 0 bridgehead atoms. The Hall–Kier alpha value is -2.05. The normalized spacial score (nSPS) is 20.2. The molecule has 0 saturated carbocycles. The van der Waals surface area contributed by atoms with Gasteiger partial charge in [-0.25, -0.2) is 9.78 Å². The van der Waals surface area contributed by atoms with Crippen LogP contribution in [0.3, 0.4) is 0 Å². The van der Waals surface area contributed by atoms with Gasteiger partial charge < -0.3 is 14.1 Å². The zero-order chi connectivity index (χ0) is 18.7. The second-order valence-corrected chi connectivity index (χ2v) is 7.59. The first-order valence-corrected chi connectivity index (χ1v) is 9.60. The maximum Gasteiger partial charge on any atom is 0.410 e. The van der Waals surface area contributed by atoms with Crippen LogP contribution in [-0.4, -0.2) is 53.0 Å². The number of aryl methyl sites for hydroxylation is 1. The predicted octanol–water partition coefficient (Wildman–Crippen LogP) is 2.77. The lowest BCUT2D eigenvalue weighted by Gasteiger charge is -2.37. The Morgan fingerprint density at radius 1 is 1.31 bits per heavy atom. The summed E-state index contributed by atoms with van der Waals surface area (Å²) in [5.74, 6) is 2.27. The average molecular weight is 363 g/mol. The van der Waals surface area contributed by atoms with E-state index in [1.54, 1.807) is 4.90 Å². The Kier molecular flexibility index (Phi) is 5.84. The van der Waals surface area contributed by atoms with E-state index in [0.717, 1.165) is 43.0 Å². The number of fused-ring (bicyclic) bond motifs is 1. The Labute approximate surface area is 154 Å². The minimum atomic E-state index is -0.426. The third kappa shape index (κ3) is 4.02. The van der Waals surface area contributed by atoms with Gasteiger partial charge in [0.15, 0.2) is 5.89 Å². The largest absolute Gasteiger partial charge is 0.453 e. The van der Waals surface area contributed by atoms with E-state index in [9.17, 15) is 9.59 Å². The molecule has 1 aromatic heterocycles. The molecule has 1 fully saturated rings. The highest BCUT2D eigenvalue weighted by molar-refractivity contribution is 5.86. The van der Waals surface area contributed by atoms with Crippen LogP contribution >= 0.6 is 0 Å². The third-order valence-corrected chi connectivity index (χ3v) is 5.22. The fourth-order valence-electron chi connectivity index (χ4n) is 3.69. The molecule has 1 aromatic rings. The first kappa shape index (κ1) is 18.7. The monoisotopic (exact) mass is 363 g/mol. The summed E-state index contributed by atoms with van der Waals surface area (Å²) in [6, 6.07) is -0.426. The molecular formula is C19H29N3O4. The Bertz CT molecular complexity index is 655. The molecule has 0 N–H and O–H groups in total. The van der Waals surface area contributed by atoms with E-state index in [0.29, 0.717) is 38.4 Å². The van der Waals surface area contributed by atoms with Crippen molar-refractivity contribution in [2.24, 2.45) is 5.92 Å². The van der Waals surface area contributed by atoms with E-state index in [1.165, 1.54) is 7.11 Å². The molecule has 1 saturated heterocycles. The highest BCUT2D eigenvalue weighted by Gasteiger charge is 2.37. The number of hydrogen-bond donors (Lipinski definition) is 0. The number of oxazole rings is 1. The van der Waals surface area contributed by atoms with Crippen molar-refractivity contribution in [3.8, 4) is 0 Å². The lowest BCUT2D eigenvalue weighted by Crippen LogP contribution is -2.53. The zero-order valence-corrected chi connectivity index (χ0v) is 16.0. The topological polar surface area (TPSA) is 75.9 Å². The third-order valence-electron chi connectivity index (χ3n) is 5.22. The van der Waals surface area contributed by atoms with Gasteiger partial charge in [0.25, 0.3) is 0 Å². The molecule has 26 heavy (non-hydrogen) atoms. The molecule has 0 radical (unpaired) electrons. The standard InChI is InChI=1S/C19H29N3O4/c1-13(2)7-8-17-20-14-12-21(11-9-16(14)26-17)18(23)15-6-4-5-10-22(15)19(24)25-3/h13,15H,4-12H2,1-3H3. The van der Waals surface area contributed by atoms with Gasteiger partial charge in [-0.2, -0.15) is 0 Å². The van der Waals surface area contributed by atoms with Crippen molar-refractivity contribution in [2.75, 3.05) is 20.2 Å². The smallest absolute Gasteiger partial charge is 0.410 e. The minimum absolute atomic E-state index is 0.00696. The van der Waals surface area contributed by atoms with Gasteiger partial charge in [-0.05, 0) is 31.6 Å². The number of rotatable bonds is 4. The first-order chi connectivity index (χ1) is 12.5. The summed E-state index contributed by atoms with van der Waals surface area (Å²) in [4.78, 5) is 33.0. The van der Waals surface area contributed by atoms with Gasteiger partial charge in [-0.1, -0.05) is 13.8 Å². The summed E-state index contributed by atoms with van der Waals surface area (Å²) >= 11 is 0. The van der Waals surface area contributed by atoms with Crippen LogP contribution in [-0.2, 0) is 28.9 Å². The van der Waals surface area contributed by atoms with Crippen LogP contribution in [0.1, 0.15) is 56.9 Å². The molecular weight excluding hydrogens is 334 g/mol. The van der Waals surface area contributed by atoms with Crippen LogP contribution in [0.15, 0.2) is 4.42 Å². The summed E-state index contributed by atoms with van der Waals surface area (Å²) < 4.78 is 10.7. The number of ether oxygens (including phenoxy) is 1. The van der Waals surface area contributed by atoms with Crippen LogP contribution in [0.25, 0.3) is 0 Å². The number of aromatic nitrogens is 1. The van der Waals surface area contributed by atoms with Crippen molar-refractivity contribution in [1.82, 2.24) is 14.8 Å². The molecule has 7 nitrogen and oxygen atoms in total. The van der Waals surface area contributed by atoms with Gasteiger partial charge in [0.05, 0.1) is 13.7 Å². The summed E-state index contributed by atoms with van der Waals surface area (Å²) in [5.41, 5.74) is 0.865. The molecule has 2 amide bonds. The van der Waals surface area contributed by atoms with Crippen molar-refractivity contribution >= 4 is 12.0 Å². The number of carbonyl (C=O) groups excluding carboxylic acids is 2. The quantitative estimate of drug-likeness (QED) is 0.822. The molecule has 7 heteroatoms. The van der Waals surface area contributed by atoms with E-state index in [1.807, 2.05) is 4.90 Å². The van der Waals surface area contributed by atoms with Gasteiger partial charge in [0.2, 0.25) is 5.91 Å². The van der Waals surface area contributed by atoms with Gasteiger partial charge >= 0.3 is 6.09 Å². The molecule has 0 aliphatic carbocycles. The van der Waals surface area contributed by atoms with Crippen LogP contribution < -0.4 is 0 Å². The predicted molar refractivity (Wildman–Crippen MR) is 95.5 cm³/mol. The molecule has 1 unspecified atom stereocenters. The van der Waals surface area contributed by atoms with Crippen LogP contribution in [0, 0.1) is 5.92 Å². The van der Waals surface area contributed by atoms with E-state index >= 15 is 0 Å². The highest BCUT2D eigenvalue weighted by atomic mass is 16.5. The van der Waals surface area contributed by atoms with Crippen molar-refractivity contribution in [3.05, 3.63) is 17.3 Å². The number of hydrogen-bond acceptors (Lipinski definition) is 5. The van der Waals surface area contributed by atoms with Crippen LogP contribution in [0.5, 0.6) is 0 Å². The number of piperidine rings is 1. The zero-order valence-electron chi connectivity index (χ0n) is 16.0. The van der Waals surface area contributed by atoms with Gasteiger partial charge in [-0.3, -0.25) is 9.69 Å². The van der Waals surface area contributed by atoms with Crippen LogP contribution in [0.4, 0.5) is 4.79 Å². The lowest BCUT2D eigenvalue weighted by atomic mass is 10.0. The summed E-state index contributed by atoms with van der Waals surface area (Å²) in [5, 5.41) is 0. The van der Waals surface area contributed by atoms with Crippen molar-refractivity contribution in [1.29, 1.82) is 0 Å². The van der Waals surface area contributed by atoms with Gasteiger partial charge in [-0.15, -0.1) is 0 Å². The van der Waals surface area contributed by atoms with Crippen molar-refractivity contribution in [2.45, 2.75) is 65.0 Å². The maximum atomic E-state index is 13.0. The Morgan fingerprint density at radius 3 is 2.85 bits per heavy atom. The molecule has 3 heterocycles. The van der Waals surface area contributed by atoms with Crippen molar-refractivity contribution < 1.29 is 18.7 Å². The number of amides is 2. The Morgan fingerprint density at radius 2 is 2.12 bits per heavy atom. The van der Waals surface area contributed by atoms with E-state index in [-0.39, 0.29) is 5.91 Å². The van der Waals surface area contributed by atoms with E-state index < -0.39 is 12.1 Å². The summed E-state index contributed by atoms with van der Waals surface area (Å²) in [7, 11) is 1.36. The second kappa shape index (κ2) is 8.10. The number of carbonyl (C=O) groups is 2. The fourth-order valence-corrected chi connectivity index (χ4v) is 3.69. The average Bonchev–Trinajstić information content (AvgIpc) is 3.07. The Balaban J connectivity index is 1.67. The lowest BCUT2D eigenvalue weighted by molar-refractivity contribution is -0.138. The summed E-state index contributed by atoms with van der Waals surface area (Å²) in [6.45, 7) is 6.01. The van der Waals surface area contributed by atoms with E-state index in [4.69, 9.17) is 9.15 Å². The maximum absolute atomic E-state index is 13.0. The minimum Gasteiger partial charge on any atom is -0.453 e. The summed E-state index contributed by atoms with van der Waals surface area (Å²) in [6.07, 6.45) is 4.68. The van der Waals surface area contributed by atoms with Gasteiger partial charge in [0.1, 0.15) is 17.5 Å². The fraction of sp³-hybridized carbons (Fsp3) is 0.737. The number of nitrogens with zero attached hydrogens (tertiary/aromatic N) is 3. The molecule has 0 aromatic carbocycles. The molecule has 2 aliphatic rings. The molecule has 0 spiro atoms. The second-order valence-electron chi connectivity index (χ2n) is 7.59. The first-order valence-electron chi connectivity index (χ1n) is 9.60. The molecule has 2 aliphatic heterocycles. The van der Waals surface area contributed by atoms with Gasteiger partial charge in [0, 0.05) is 25.9 Å². The number of likely N-dealkylation sites (tertiary alicyclic amines) is 1. The van der Waals surface area contributed by atoms with E-state index in [2.05, 4.69) is 18.8 Å². The van der Waals surface area contributed by atoms with Crippen LogP contribution in [0.2, 0.25) is 0 Å². The number of methoxy groups -OCH3 is 1. The highest BCUT2D eigenvalue weighted by Crippen LogP contribution is 2.25.